The fraction of sp³-hybridized carbons (Fsp3) is 0.0714. The van der Waals surface area contributed by atoms with Gasteiger partial charge in [0.25, 0.3) is 0 Å². The van der Waals surface area contributed by atoms with Crippen LogP contribution in [0.2, 0.25) is 0 Å². The second kappa shape index (κ2) is 5.06. The molecule has 19 heavy (non-hydrogen) atoms. The molecule has 98 valence electrons. The van der Waals surface area contributed by atoms with Crippen LogP contribution >= 0.6 is 0 Å². The summed E-state index contributed by atoms with van der Waals surface area (Å²) in [6.45, 7) is 1.36. The van der Waals surface area contributed by atoms with E-state index in [4.69, 9.17) is 5.73 Å². The lowest BCUT2D eigenvalue weighted by Crippen LogP contribution is -2.06. The summed E-state index contributed by atoms with van der Waals surface area (Å²) < 4.78 is 26.6. The van der Waals surface area contributed by atoms with Gasteiger partial charge in [0, 0.05) is 29.9 Å². The number of nitrogen functional groups attached to an aromatic ring is 1. The minimum absolute atomic E-state index is 0.223. The maximum atomic E-state index is 13.7. The lowest BCUT2D eigenvalue weighted by Gasteiger charge is -2.09. The highest BCUT2D eigenvalue weighted by atomic mass is 19.1. The smallest absolute Gasteiger partial charge is 0.221 e. The third-order valence-corrected chi connectivity index (χ3v) is 2.52. The van der Waals surface area contributed by atoms with Crippen LogP contribution in [0.25, 0.3) is 11.1 Å². The first-order chi connectivity index (χ1) is 8.95. The van der Waals surface area contributed by atoms with E-state index in [1.807, 2.05) is 0 Å². The van der Waals surface area contributed by atoms with Gasteiger partial charge in [0.2, 0.25) is 5.91 Å². The zero-order valence-electron chi connectivity index (χ0n) is 10.2. The zero-order valence-corrected chi connectivity index (χ0v) is 10.2. The van der Waals surface area contributed by atoms with Crippen molar-refractivity contribution in [1.82, 2.24) is 0 Å². The Kier molecular flexibility index (Phi) is 3.46. The second-order valence-corrected chi connectivity index (χ2v) is 4.15. The van der Waals surface area contributed by atoms with Crippen molar-refractivity contribution >= 4 is 17.3 Å². The van der Waals surface area contributed by atoms with Crippen LogP contribution in [0.15, 0.2) is 36.4 Å². The Bertz CT molecular complexity index is 641. The Morgan fingerprint density at radius 2 is 1.89 bits per heavy atom. The van der Waals surface area contributed by atoms with Crippen molar-refractivity contribution in [3.8, 4) is 11.1 Å². The molecule has 0 atom stereocenters. The van der Waals surface area contributed by atoms with E-state index in [1.54, 1.807) is 18.2 Å². The molecule has 5 heteroatoms. The average Bonchev–Trinajstić information content (AvgIpc) is 2.26. The summed E-state index contributed by atoms with van der Waals surface area (Å²) in [5.41, 5.74) is 7.24. The van der Waals surface area contributed by atoms with Crippen LogP contribution in [0.4, 0.5) is 20.2 Å². The molecule has 0 unspecified atom stereocenters. The highest BCUT2D eigenvalue weighted by Crippen LogP contribution is 2.28. The lowest BCUT2D eigenvalue weighted by atomic mass is 10.0. The van der Waals surface area contributed by atoms with Crippen LogP contribution in [-0.4, -0.2) is 5.91 Å². The van der Waals surface area contributed by atoms with E-state index >= 15 is 0 Å². The molecule has 0 saturated heterocycles. The maximum Gasteiger partial charge on any atom is 0.221 e. The molecular formula is C14H12F2N2O. The molecule has 0 heterocycles. The Labute approximate surface area is 109 Å². The molecule has 0 aliphatic carbocycles. The van der Waals surface area contributed by atoms with Gasteiger partial charge >= 0.3 is 0 Å². The highest BCUT2D eigenvalue weighted by Gasteiger charge is 2.08. The first-order valence-electron chi connectivity index (χ1n) is 5.59. The van der Waals surface area contributed by atoms with Crippen molar-refractivity contribution in [3.05, 3.63) is 48.0 Å². The molecular weight excluding hydrogens is 250 g/mol. The largest absolute Gasteiger partial charge is 0.399 e. The molecule has 1 amide bonds. The first kappa shape index (κ1) is 13.0. The topological polar surface area (TPSA) is 55.1 Å². The normalized spacial score (nSPS) is 10.3. The second-order valence-electron chi connectivity index (χ2n) is 4.15. The number of hydrogen-bond donors (Lipinski definition) is 2. The van der Waals surface area contributed by atoms with Crippen molar-refractivity contribution in [2.45, 2.75) is 6.92 Å². The summed E-state index contributed by atoms with van der Waals surface area (Å²) in [6.07, 6.45) is 0. The van der Waals surface area contributed by atoms with Gasteiger partial charge in [-0.1, -0.05) is 0 Å². The van der Waals surface area contributed by atoms with E-state index in [-0.39, 0.29) is 11.5 Å². The van der Waals surface area contributed by atoms with Gasteiger partial charge in [-0.2, -0.15) is 0 Å². The molecule has 0 bridgehead atoms. The molecule has 0 radical (unpaired) electrons. The van der Waals surface area contributed by atoms with Gasteiger partial charge < -0.3 is 11.1 Å². The SMILES string of the molecule is CC(=O)Nc1cc(N)cc(-c2ccc(F)cc2F)c1. The van der Waals surface area contributed by atoms with Crippen molar-refractivity contribution < 1.29 is 13.6 Å². The number of halogens is 2. The van der Waals surface area contributed by atoms with Crippen molar-refractivity contribution in [2.75, 3.05) is 11.1 Å². The zero-order chi connectivity index (χ0) is 14.0. The standard InChI is InChI=1S/C14H12F2N2O/c1-8(19)18-12-5-9(4-11(17)7-12)13-3-2-10(15)6-14(13)16/h2-7H,17H2,1H3,(H,18,19). The third kappa shape index (κ3) is 3.07. The number of nitrogens with one attached hydrogen (secondary N) is 1. The minimum Gasteiger partial charge on any atom is -0.399 e. The van der Waals surface area contributed by atoms with Gasteiger partial charge in [-0.15, -0.1) is 0 Å². The predicted molar refractivity (Wildman–Crippen MR) is 70.5 cm³/mol. The van der Waals surface area contributed by atoms with Crippen LogP contribution in [0, 0.1) is 11.6 Å². The quantitative estimate of drug-likeness (QED) is 0.817. The molecule has 0 aliphatic rings. The molecule has 0 aromatic heterocycles. The molecule has 2 rings (SSSR count). The van der Waals surface area contributed by atoms with Gasteiger partial charge in [-0.25, -0.2) is 8.78 Å². The number of carbonyl (C=O) groups is 1. The number of hydrogen-bond acceptors (Lipinski definition) is 2. The highest BCUT2D eigenvalue weighted by molar-refractivity contribution is 5.90. The van der Waals surface area contributed by atoms with Crippen molar-refractivity contribution in [3.63, 3.8) is 0 Å². The number of nitrogens with two attached hydrogens (primary N) is 1. The van der Waals surface area contributed by atoms with Gasteiger partial charge in [-0.3, -0.25) is 4.79 Å². The van der Waals surface area contributed by atoms with Crippen LogP contribution in [0.3, 0.4) is 0 Å². The third-order valence-electron chi connectivity index (χ3n) is 2.52. The van der Waals surface area contributed by atoms with E-state index in [1.165, 1.54) is 19.1 Å². The molecule has 3 N–H and O–H groups in total. The first-order valence-corrected chi connectivity index (χ1v) is 5.59. The number of carbonyl (C=O) groups excluding carboxylic acids is 1. The Morgan fingerprint density at radius 3 is 2.53 bits per heavy atom. The average molecular weight is 262 g/mol. The van der Waals surface area contributed by atoms with E-state index < -0.39 is 11.6 Å². The summed E-state index contributed by atoms with van der Waals surface area (Å²) in [7, 11) is 0. The molecule has 0 saturated carbocycles. The lowest BCUT2D eigenvalue weighted by molar-refractivity contribution is -0.114. The molecule has 3 nitrogen and oxygen atoms in total. The summed E-state index contributed by atoms with van der Waals surface area (Å²) in [6, 6.07) is 8.00. The van der Waals surface area contributed by atoms with E-state index in [9.17, 15) is 13.6 Å². The monoisotopic (exact) mass is 262 g/mol. The van der Waals surface area contributed by atoms with Gasteiger partial charge in [0.1, 0.15) is 11.6 Å². The summed E-state index contributed by atoms with van der Waals surface area (Å²) in [4.78, 5) is 11.0. The van der Waals surface area contributed by atoms with Crippen molar-refractivity contribution in [1.29, 1.82) is 0 Å². The number of rotatable bonds is 2. The maximum absolute atomic E-state index is 13.7. The summed E-state index contributed by atoms with van der Waals surface area (Å²) in [5, 5.41) is 2.57. The van der Waals surface area contributed by atoms with Crippen LogP contribution in [0.5, 0.6) is 0 Å². The summed E-state index contributed by atoms with van der Waals surface area (Å²) in [5.74, 6) is -1.58. The molecule has 0 aliphatic heterocycles. The molecule has 2 aromatic rings. The fourth-order valence-corrected chi connectivity index (χ4v) is 1.81. The minimum atomic E-state index is -0.681. The van der Waals surface area contributed by atoms with Gasteiger partial charge in [0.05, 0.1) is 0 Å². The van der Waals surface area contributed by atoms with Gasteiger partial charge in [-0.05, 0) is 35.9 Å². The van der Waals surface area contributed by atoms with Gasteiger partial charge in [0.15, 0.2) is 0 Å². The Morgan fingerprint density at radius 1 is 1.16 bits per heavy atom. The number of amides is 1. The van der Waals surface area contributed by atoms with Crippen LogP contribution < -0.4 is 11.1 Å². The molecule has 0 fully saturated rings. The van der Waals surface area contributed by atoms with E-state index in [2.05, 4.69) is 5.32 Å². The van der Waals surface area contributed by atoms with Crippen LogP contribution in [-0.2, 0) is 4.79 Å². The molecule has 0 spiro atoms. The number of anilines is 2. The molecule has 2 aromatic carbocycles. The fourth-order valence-electron chi connectivity index (χ4n) is 1.81. The number of benzene rings is 2. The Hall–Kier alpha value is -2.43. The van der Waals surface area contributed by atoms with E-state index in [0.717, 1.165) is 6.07 Å². The Balaban J connectivity index is 2.49. The summed E-state index contributed by atoms with van der Waals surface area (Å²) >= 11 is 0. The van der Waals surface area contributed by atoms with E-state index in [0.29, 0.717) is 16.9 Å². The predicted octanol–water partition coefficient (Wildman–Crippen LogP) is 3.17. The van der Waals surface area contributed by atoms with Crippen LogP contribution in [0.1, 0.15) is 6.92 Å². The van der Waals surface area contributed by atoms with Crippen molar-refractivity contribution in [2.24, 2.45) is 0 Å².